The lowest BCUT2D eigenvalue weighted by atomic mass is 9.98. The normalized spacial score (nSPS) is 19.0. The molecule has 13 nitrogen and oxygen atoms in total. The summed E-state index contributed by atoms with van der Waals surface area (Å²) in [5.41, 5.74) is 0.274. The maximum Gasteiger partial charge on any atom is 0.414 e. The Balaban J connectivity index is 1.27. The molecule has 0 aliphatic carbocycles. The molecule has 5 rings (SSSR count). The molecule has 2 aliphatic heterocycles. The number of halogens is 1. The van der Waals surface area contributed by atoms with Crippen molar-refractivity contribution in [1.29, 1.82) is 0 Å². The van der Waals surface area contributed by atoms with Crippen molar-refractivity contribution in [3.63, 3.8) is 0 Å². The number of anilines is 1. The number of nitro groups is 1. The molecule has 41 heavy (non-hydrogen) atoms. The average Bonchev–Trinajstić information content (AvgIpc) is 3.52. The van der Waals surface area contributed by atoms with Crippen molar-refractivity contribution in [2.24, 2.45) is 0 Å². The molecule has 0 N–H and O–H groups in total. The highest BCUT2D eigenvalue weighted by molar-refractivity contribution is 6.31. The van der Waals surface area contributed by atoms with Crippen LogP contribution >= 0.6 is 0 Å². The van der Waals surface area contributed by atoms with Crippen molar-refractivity contribution < 1.29 is 32.7 Å². The van der Waals surface area contributed by atoms with Gasteiger partial charge in [0, 0.05) is 28.5 Å². The fraction of sp³-hybridized carbons (Fsp3) is 0.462. The van der Waals surface area contributed by atoms with E-state index < -0.39 is 34.6 Å². The number of rotatable bonds is 8. The van der Waals surface area contributed by atoms with Gasteiger partial charge < -0.3 is 28.8 Å². The molecule has 2 atom stereocenters. The first-order chi connectivity index (χ1) is 19.3. The number of imidazole rings is 1. The average molecular weight is 585 g/mol. The van der Waals surface area contributed by atoms with Gasteiger partial charge in [-0.15, -0.1) is 0 Å². The quantitative estimate of drug-likeness (QED) is 0.215. The van der Waals surface area contributed by atoms with E-state index in [0.29, 0.717) is 11.3 Å². The fourth-order valence-corrected chi connectivity index (χ4v) is 5.06. The van der Waals surface area contributed by atoms with Gasteiger partial charge in [0.15, 0.2) is 6.10 Å². The summed E-state index contributed by atoms with van der Waals surface area (Å²) in [6.45, 7) is 10.5. The van der Waals surface area contributed by atoms with Gasteiger partial charge in [-0.1, -0.05) is 20.8 Å². The summed E-state index contributed by atoms with van der Waals surface area (Å²) in [4.78, 5) is 36.6. The summed E-state index contributed by atoms with van der Waals surface area (Å²) in [6, 6.07) is 4.22. The van der Waals surface area contributed by atoms with Crippen LogP contribution in [-0.4, -0.2) is 71.3 Å². The van der Waals surface area contributed by atoms with Crippen molar-refractivity contribution in [3.8, 4) is 23.1 Å². The fourth-order valence-electron chi connectivity index (χ4n) is 4.35. The summed E-state index contributed by atoms with van der Waals surface area (Å²) >= 11 is 0. The number of hydrogen-bond donors (Lipinski definition) is 0. The van der Waals surface area contributed by atoms with Gasteiger partial charge in [0.2, 0.25) is 9.76 Å². The van der Waals surface area contributed by atoms with Crippen LogP contribution in [0.25, 0.3) is 11.1 Å². The van der Waals surface area contributed by atoms with E-state index in [4.69, 9.17) is 18.6 Å². The number of benzene rings is 1. The maximum atomic E-state index is 15.3. The number of cyclic esters (lactones) is 1. The number of nitrogens with zero attached hydrogens (tertiary/aromatic N) is 6. The van der Waals surface area contributed by atoms with Gasteiger partial charge in [0.1, 0.15) is 31.3 Å². The molecule has 216 valence electrons. The van der Waals surface area contributed by atoms with E-state index in [0.717, 1.165) is 0 Å². The van der Waals surface area contributed by atoms with Crippen molar-refractivity contribution >= 4 is 27.4 Å². The van der Waals surface area contributed by atoms with E-state index in [1.165, 1.54) is 34.1 Å². The van der Waals surface area contributed by atoms with Gasteiger partial charge in [-0.25, -0.2) is 19.2 Å². The first kappa shape index (κ1) is 28.4. The Labute approximate surface area is 237 Å². The molecule has 1 amide bonds. The second-order valence-electron chi connectivity index (χ2n) is 11.3. The molecule has 4 heterocycles. The Morgan fingerprint density at radius 3 is 2.54 bits per heavy atom. The molecular weight excluding hydrogens is 555 g/mol. The molecule has 0 saturated carbocycles. The number of ether oxygens (including phenoxy) is 3. The van der Waals surface area contributed by atoms with Gasteiger partial charge in [-0.05, 0) is 42.0 Å². The van der Waals surface area contributed by atoms with Crippen LogP contribution < -0.4 is 14.4 Å². The minimum atomic E-state index is -0.728. The van der Waals surface area contributed by atoms with Crippen LogP contribution in [0.15, 0.2) is 36.8 Å². The second-order valence-corrected chi connectivity index (χ2v) is 13.2. The molecule has 1 aromatic carbocycles. The summed E-state index contributed by atoms with van der Waals surface area (Å²) in [6.07, 6.45) is 3.05. The van der Waals surface area contributed by atoms with Crippen molar-refractivity contribution in [3.05, 3.63) is 52.7 Å². The number of fused-ring (bicyclic) bond motifs is 1. The lowest BCUT2D eigenvalue weighted by molar-refractivity contribution is -0.389. The molecule has 0 bridgehead atoms. The van der Waals surface area contributed by atoms with Crippen LogP contribution in [0.1, 0.15) is 34.6 Å². The first-order valence-electron chi connectivity index (χ1n) is 12.8. The second kappa shape index (κ2) is 10.7. The molecule has 15 heteroatoms. The molecule has 1 fully saturated rings. The lowest BCUT2D eigenvalue weighted by Crippen LogP contribution is -2.51. The molecule has 2 radical (unpaired) electrons. The van der Waals surface area contributed by atoms with Crippen LogP contribution in [0.2, 0.25) is 5.04 Å². The zero-order valence-electron chi connectivity index (χ0n) is 23.2. The molecule has 0 unspecified atom stereocenters. The Morgan fingerprint density at radius 1 is 1.15 bits per heavy atom. The van der Waals surface area contributed by atoms with E-state index in [1.807, 2.05) is 13.8 Å². The van der Waals surface area contributed by atoms with E-state index >= 15 is 4.39 Å². The number of hydrogen-bond acceptors (Lipinski definition) is 10. The van der Waals surface area contributed by atoms with Crippen molar-refractivity contribution in [2.75, 3.05) is 18.1 Å². The molecule has 2 aliphatic rings. The van der Waals surface area contributed by atoms with Crippen molar-refractivity contribution in [2.45, 2.75) is 63.9 Å². The minimum absolute atomic E-state index is 0.0401. The third-order valence-electron chi connectivity index (χ3n) is 6.45. The van der Waals surface area contributed by atoms with Gasteiger partial charge in [-0.2, -0.15) is 0 Å². The standard InChI is InChI=1S/C26H29FN6O7Si/c1-25(2,3)41-40-26(4,5)20-14-38-24(34)32(20)16-6-7-18(19(27)8-16)15-9-28-22(29-10-15)39-17-11-31-12-21(33(35)36)30-23(31)37-13-17/h6-10,12,17,20H,11,13-14H2,1-5H3/t17-,20+/m0/s1. The maximum absolute atomic E-state index is 15.3. The van der Waals surface area contributed by atoms with Crippen LogP contribution in [0.4, 0.5) is 20.7 Å². The Hall–Kier alpha value is -4.11. The van der Waals surface area contributed by atoms with Crippen LogP contribution in [0.5, 0.6) is 12.0 Å². The third-order valence-corrected chi connectivity index (χ3v) is 7.69. The predicted octanol–water partition coefficient (Wildman–Crippen LogP) is 4.19. The number of carbonyl (C=O) groups excluding carboxylic acids is 1. The monoisotopic (exact) mass is 584 g/mol. The molecular formula is C26H29FN6O7Si. The Bertz CT molecular complexity index is 1460. The Morgan fingerprint density at radius 2 is 1.88 bits per heavy atom. The minimum Gasteiger partial charge on any atom is -0.455 e. The Kier molecular flexibility index (Phi) is 7.42. The molecule has 1 saturated heterocycles. The predicted molar refractivity (Wildman–Crippen MR) is 144 cm³/mol. The largest absolute Gasteiger partial charge is 0.455 e. The highest BCUT2D eigenvalue weighted by Gasteiger charge is 2.45. The first-order valence-corrected chi connectivity index (χ1v) is 13.8. The molecule has 0 spiro atoms. The zero-order chi connectivity index (χ0) is 29.5. The molecule has 2 aromatic heterocycles. The lowest BCUT2D eigenvalue weighted by Gasteiger charge is -2.37. The van der Waals surface area contributed by atoms with Gasteiger partial charge in [0.25, 0.3) is 0 Å². The van der Waals surface area contributed by atoms with Crippen LogP contribution in [0.3, 0.4) is 0 Å². The van der Waals surface area contributed by atoms with Gasteiger partial charge in [-0.3, -0.25) is 9.47 Å². The number of amides is 1. The SMILES string of the molecule is CC(C)(C)[Si]OC(C)(C)[C@H]1COC(=O)N1c1ccc(-c2cnc(O[C@@H]3COc4nc([N+](=O)[O-])cn4C3)nc2)c(F)c1. The van der Waals surface area contributed by atoms with Gasteiger partial charge >= 0.3 is 23.9 Å². The highest BCUT2D eigenvalue weighted by atomic mass is 28.2. The highest BCUT2D eigenvalue weighted by Crippen LogP contribution is 2.35. The smallest absolute Gasteiger partial charge is 0.414 e. The molecule has 3 aromatic rings. The van der Waals surface area contributed by atoms with Crippen LogP contribution in [0, 0.1) is 15.9 Å². The summed E-state index contributed by atoms with van der Waals surface area (Å²) < 4.78 is 39.5. The summed E-state index contributed by atoms with van der Waals surface area (Å²) in [7, 11) is 0.201. The summed E-state index contributed by atoms with van der Waals surface area (Å²) in [5.74, 6) is -0.882. The van der Waals surface area contributed by atoms with Crippen LogP contribution in [-0.2, 0) is 15.7 Å². The number of aromatic nitrogens is 4. The van der Waals surface area contributed by atoms with E-state index in [1.54, 1.807) is 12.1 Å². The van der Waals surface area contributed by atoms with Crippen molar-refractivity contribution in [1.82, 2.24) is 19.5 Å². The zero-order valence-corrected chi connectivity index (χ0v) is 24.2. The summed E-state index contributed by atoms with van der Waals surface area (Å²) in [5, 5.41) is 10.9. The van der Waals surface area contributed by atoms with E-state index in [9.17, 15) is 14.9 Å². The third kappa shape index (κ3) is 6.15. The van der Waals surface area contributed by atoms with E-state index in [2.05, 4.69) is 35.7 Å². The number of carbonyl (C=O) groups is 1. The van der Waals surface area contributed by atoms with Gasteiger partial charge in [0.05, 0.1) is 17.8 Å². The van der Waals surface area contributed by atoms with E-state index in [-0.39, 0.29) is 58.0 Å². The topological polar surface area (TPSA) is 144 Å².